The highest BCUT2D eigenvalue weighted by Gasteiger charge is 2.34. The Hall–Kier alpha value is -2.47. The number of nitrogens with one attached hydrogen (secondary N) is 2. The van der Waals surface area contributed by atoms with E-state index in [-0.39, 0.29) is 18.0 Å². The van der Waals surface area contributed by atoms with Gasteiger partial charge in [0, 0.05) is 29.1 Å². The third-order valence-electron chi connectivity index (χ3n) is 5.56. The SMILES string of the molecule is CC[C@H](c1ccccc1)[C@@H]1CCCN1C(=O)Nc1ccc2c(c1)NC(=O)CS2. The zero-order valence-electron chi connectivity index (χ0n) is 16.0. The molecule has 0 aromatic heterocycles. The first kappa shape index (κ1) is 18.9. The van der Waals surface area contributed by atoms with E-state index in [9.17, 15) is 9.59 Å². The van der Waals surface area contributed by atoms with E-state index >= 15 is 0 Å². The predicted octanol–water partition coefficient (Wildman–Crippen LogP) is 4.92. The molecule has 0 aliphatic carbocycles. The highest BCUT2D eigenvalue weighted by molar-refractivity contribution is 8.00. The van der Waals surface area contributed by atoms with Gasteiger partial charge in [0.1, 0.15) is 0 Å². The zero-order chi connectivity index (χ0) is 19.5. The quantitative estimate of drug-likeness (QED) is 0.772. The molecule has 2 aromatic rings. The van der Waals surface area contributed by atoms with Gasteiger partial charge in [-0.2, -0.15) is 0 Å². The summed E-state index contributed by atoms with van der Waals surface area (Å²) in [7, 11) is 0. The average molecular weight is 396 g/mol. The molecule has 2 aromatic carbocycles. The van der Waals surface area contributed by atoms with Crippen LogP contribution in [0.1, 0.15) is 37.7 Å². The summed E-state index contributed by atoms with van der Waals surface area (Å²) in [6, 6.07) is 16.3. The van der Waals surface area contributed by atoms with Crippen LogP contribution in [0.2, 0.25) is 0 Å². The number of hydrogen-bond acceptors (Lipinski definition) is 3. The Morgan fingerprint density at radius 3 is 2.89 bits per heavy atom. The van der Waals surface area contributed by atoms with Crippen molar-refractivity contribution in [3.63, 3.8) is 0 Å². The fourth-order valence-electron chi connectivity index (χ4n) is 4.25. The second kappa shape index (κ2) is 8.27. The first-order valence-electron chi connectivity index (χ1n) is 9.85. The van der Waals surface area contributed by atoms with Crippen molar-refractivity contribution >= 4 is 35.1 Å². The van der Waals surface area contributed by atoms with Crippen molar-refractivity contribution in [2.75, 3.05) is 22.9 Å². The van der Waals surface area contributed by atoms with E-state index < -0.39 is 0 Å². The maximum absolute atomic E-state index is 13.0. The van der Waals surface area contributed by atoms with Gasteiger partial charge in [-0.05, 0) is 43.0 Å². The smallest absolute Gasteiger partial charge is 0.322 e. The van der Waals surface area contributed by atoms with Crippen molar-refractivity contribution in [1.29, 1.82) is 0 Å². The predicted molar refractivity (Wildman–Crippen MR) is 114 cm³/mol. The molecule has 0 bridgehead atoms. The molecule has 0 unspecified atom stereocenters. The Labute approximate surface area is 169 Å². The van der Waals surface area contributed by atoms with E-state index in [4.69, 9.17) is 0 Å². The molecule has 0 spiro atoms. The molecule has 3 amide bonds. The molecule has 1 fully saturated rings. The minimum atomic E-state index is -0.0633. The molecule has 4 rings (SSSR count). The van der Waals surface area contributed by atoms with Gasteiger partial charge in [0.15, 0.2) is 0 Å². The summed E-state index contributed by atoms with van der Waals surface area (Å²) < 4.78 is 0. The number of fused-ring (bicyclic) bond motifs is 1. The van der Waals surface area contributed by atoms with Gasteiger partial charge in [-0.15, -0.1) is 11.8 Å². The number of urea groups is 1. The summed E-state index contributed by atoms with van der Waals surface area (Å²) in [6.45, 7) is 2.97. The Balaban J connectivity index is 1.49. The Bertz CT molecular complexity index is 871. The molecular formula is C22H25N3O2S. The molecule has 2 aliphatic rings. The molecule has 2 N–H and O–H groups in total. The number of carbonyl (C=O) groups excluding carboxylic acids is 2. The number of nitrogens with zero attached hydrogens (tertiary/aromatic N) is 1. The number of anilines is 2. The molecule has 1 saturated heterocycles. The molecule has 2 heterocycles. The van der Waals surface area contributed by atoms with Crippen LogP contribution in [0.3, 0.4) is 0 Å². The number of amides is 3. The lowest BCUT2D eigenvalue weighted by Crippen LogP contribution is -2.41. The van der Waals surface area contributed by atoms with Gasteiger partial charge in [0.2, 0.25) is 5.91 Å². The van der Waals surface area contributed by atoms with Crippen LogP contribution in [0.25, 0.3) is 0 Å². The van der Waals surface area contributed by atoms with Gasteiger partial charge < -0.3 is 15.5 Å². The second-order valence-electron chi connectivity index (χ2n) is 7.31. The van der Waals surface area contributed by atoms with Crippen LogP contribution in [-0.4, -0.2) is 35.2 Å². The van der Waals surface area contributed by atoms with Gasteiger partial charge in [-0.25, -0.2) is 4.79 Å². The third-order valence-corrected chi connectivity index (χ3v) is 6.63. The largest absolute Gasteiger partial charge is 0.324 e. The molecule has 2 atom stereocenters. The summed E-state index contributed by atoms with van der Waals surface area (Å²) in [5.74, 6) is 0.773. The zero-order valence-corrected chi connectivity index (χ0v) is 16.8. The van der Waals surface area contributed by atoms with E-state index in [0.29, 0.717) is 17.4 Å². The fraction of sp³-hybridized carbons (Fsp3) is 0.364. The number of likely N-dealkylation sites (tertiary alicyclic amines) is 1. The van der Waals surface area contributed by atoms with Gasteiger partial charge in [-0.1, -0.05) is 37.3 Å². The number of rotatable bonds is 4. The van der Waals surface area contributed by atoms with Crippen molar-refractivity contribution in [3.8, 4) is 0 Å². The lowest BCUT2D eigenvalue weighted by molar-refractivity contribution is -0.113. The topological polar surface area (TPSA) is 61.4 Å². The molecule has 5 nitrogen and oxygen atoms in total. The van der Waals surface area contributed by atoms with Crippen LogP contribution >= 0.6 is 11.8 Å². The first-order valence-corrected chi connectivity index (χ1v) is 10.8. The summed E-state index contributed by atoms with van der Waals surface area (Å²) in [5, 5.41) is 5.91. The van der Waals surface area contributed by atoms with Crippen LogP contribution in [-0.2, 0) is 4.79 Å². The van der Waals surface area contributed by atoms with Crippen LogP contribution in [0, 0.1) is 0 Å². The van der Waals surface area contributed by atoms with Crippen molar-refractivity contribution in [2.24, 2.45) is 0 Å². The fourth-order valence-corrected chi connectivity index (χ4v) is 5.04. The monoisotopic (exact) mass is 395 g/mol. The van der Waals surface area contributed by atoms with Crippen LogP contribution in [0.4, 0.5) is 16.2 Å². The third kappa shape index (κ3) is 3.87. The lowest BCUT2D eigenvalue weighted by atomic mass is 9.88. The summed E-state index contributed by atoms with van der Waals surface area (Å²) in [5.41, 5.74) is 2.78. The van der Waals surface area contributed by atoms with Crippen LogP contribution in [0.15, 0.2) is 53.4 Å². The first-order chi connectivity index (χ1) is 13.7. The molecule has 0 radical (unpaired) electrons. The van der Waals surface area contributed by atoms with Gasteiger partial charge in [0.25, 0.3) is 0 Å². The van der Waals surface area contributed by atoms with Crippen molar-refractivity contribution in [2.45, 2.75) is 43.0 Å². The lowest BCUT2D eigenvalue weighted by Gasteiger charge is -2.32. The van der Waals surface area contributed by atoms with Crippen LogP contribution < -0.4 is 10.6 Å². The molecule has 2 aliphatic heterocycles. The molecule has 0 saturated carbocycles. The normalized spacial score (nSPS) is 19.7. The molecule has 28 heavy (non-hydrogen) atoms. The summed E-state index contributed by atoms with van der Waals surface area (Å²) in [6.07, 6.45) is 3.05. The van der Waals surface area contributed by atoms with E-state index in [2.05, 4.69) is 41.8 Å². The van der Waals surface area contributed by atoms with Crippen LogP contribution in [0.5, 0.6) is 0 Å². The van der Waals surface area contributed by atoms with Gasteiger partial charge >= 0.3 is 6.03 Å². The Morgan fingerprint density at radius 1 is 1.29 bits per heavy atom. The van der Waals surface area contributed by atoms with Crippen molar-refractivity contribution in [3.05, 3.63) is 54.1 Å². The van der Waals surface area contributed by atoms with E-state index in [1.807, 2.05) is 29.2 Å². The van der Waals surface area contributed by atoms with Crippen molar-refractivity contribution in [1.82, 2.24) is 4.90 Å². The minimum Gasteiger partial charge on any atom is -0.324 e. The maximum Gasteiger partial charge on any atom is 0.322 e. The average Bonchev–Trinajstić information content (AvgIpc) is 3.19. The maximum atomic E-state index is 13.0. The van der Waals surface area contributed by atoms with Gasteiger partial charge in [0.05, 0.1) is 11.4 Å². The Morgan fingerprint density at radius 2 is 2.11 bits per heavy atom. The van der Waals surface area contributed by atoms with Gasteiger partial charge in [-0.3, -0.25) is 4.79 Å². The highest BCUT2D eigenvalue weighted by atomic mass is 32.2. The molecular weight excluding hydrogens is 370 g/mol. The number of carbonyl (C=O) groups is 2. The molecule has 6 heteroatoms. The summed E-state index contributed by atoms with van der Waals surface area (Å²) in [4.78, 5) is 27.7. The highest BCUT2D eigenvalue weighted by Crippen LogP contribution is 2.35. The van der Waals surface area contributed by atoms with Crippen molar-refractivity contribution < 1.29 is 9.59 Å². The number of thioether (sulfide) groups is 1. The number of hydrogen-bond donors (Lipinski definition) is 2. The van der Waals surface area contributed by atoms with E-state index in [0.717, 1.165) is 36.4 Å². The van der Waals surface area contributed by atoms with E-state index in [1.54, 1.807) is 0 Å². The standard InChI is InChI=1S/C22H25N3O2S/c1-2-17(15-7-4-3-5-8-15)19-9-6-12-25(19)22(27)23-16-10-11-20-18(13-16)24-21(26)14-28-20/h3-5,7-8,10-11,13,17,19H,2,6,9,12,14H2,1H3,(H,23,27)(H,24,26)/t17-,19+/m1/s1. The molecule has 146 valence electrons. The van der Waals surface area contributed by atoms with E-state index in [1.165, 1.54) is 17.3 Å². The number of benzene rings is 2. The Kier molecular flexibility index (Phi) is 5.57. The minimum absolute atomic E-state index is 0.00534. The second-order valence-corrected chi connectivity index (χ2v) is 8.32. The summed E-state index contributed by atoms with van der Waals surface area (Å²) >= 11 is 1.52.